The van der Waals surface area contributed by atoms with Gasteiger partial charge in [-0.25, -0.2) is 0 Å². The standard InChI is InChI=1S/C12H25NO/c1-5-7-8-9-13(11(3)4)10-12(14)6-2/h11H,5-10H2,1-4H3. The van der Waals surface area contributed by atoms with Crippen molar-refractivity contribution < 1.29 is 4.79 Å². The van der Waals surface area contributed by atoms with Gasteiger partial charge in [0.15, 0.2) is 0 Å². The number of nitrogens with zero attached hydrogens (tertiary/aromatic N) is 1. The van der Waals surface area contributed by atoms with Gasteiger partial charge in [0, 0.05) is 12.5 Å². The molecule has 0 bridgehead atoms. The number of Topliss-reactive ketones (excluding diaryl/α,β-unsaturated/α-hetero) is 1. The third-order valence-corrected chi connectivity index (χ3v) is 2.55. The molecular formula is C12H25NO. The Labute approximate surface area is 88.7 Å². The topological polar surface area (TPSA) is 20.3 Å². The van der Waals surface area contributed by atoms with Gasteiger partial charge in [-0.3, -0.25) is 9.69 Å². The Hall–Kier alpha value is -0.370. The van der Waals surface area contributed by atoms with Gasteiger partial charge in [0.05, 0.1) is 6.54 Å². The second-order valence-electron chi connectivity index (χ2n) is 4.16. The first-order chi connectivity index (χ1) is 6.61. The van der Waals surface area contributed by atoms with E-state index in [9.17, 15) is 4.79 Å². The molecule has 2 heteroatoms. The van der Waals surface area contributed by atoms with Crippen LogP contribution in [0.1, 0.15) is 53.4 Å². The van der Waals surface area contributed by atoms with Gasteiger partial charge in [0.1, 0.15) is 5.78 Å². The largest absolute Gasteiger partial charge is 0.298 e. The Morgan fingerprint density at radius 3 is 2.29 bits per heavy atom. The first-order valence-electron chi connectivity index (χ1n) is 5.87. The van der Waals surface area contributed by atoms with Crippen LogP contribution in [0.25, 0.3) is 0 Å². The molecule has 0 aromatic rings. The van der Waals surface area contributed by atoms with Crippen molar-refractivity contribution in [2.45, 2.75) is 59.4 Å². The first kappa shape index (κ1) is 13.6. The molecule has 0 aliphatic heterocycles. The van der Waals surface area contributed by atoms with Crippen LogP contribution in [0.15, 0.2) is 0 Å². The Kier molecular flexibility index (Phi) is 7.77. The summed E-state index contributed by atoms with van der Waals surface area (Å²) < 4.78 is 0. The van der Waals surface area contributed by atoms with E-state index in [1.54, 1.807) is 0 Å². The summed E-state index contributed by atoms with van der Waals surface area (Å²) in [6.07, 6.45) is 4.39. The number of hydrogen-bond donors (Lipinski definition) is 0. The van der Waals surface area contributed by atoms with Crippen molar-refractivity contribution in [3.05, 3.63) is 0 Å². The zero-order valence-corrected chi connectivity index (χ0v) is 10.2. The van der Waals surface area contributed by atoms with Crippen molar-refractivity contribution in [2.75, 3.05) is 13.1 Å². The lowest BCUT2D eigenvalue weighted by Gasteiger charge is -2.25. The summed E-state index contributed by atoms with van der Waals surface area (Å²) in [5, 5.41) is 0. The molecule has 0 N–H and O–H groups in total. The number of unbranched alkanes of at least 4 members (excludes halogenated alkanes) is 2. The average Bonchev–Trinajstić information content (AvgIpc) is 2.16. The number of rotatable bonds is 8. The first-order valence-corrected chi connectivity index (χ1v) is 5.87. The van der Waals surface area contributed by atoms with Crippen molar-refractivity contribution in [3.63, 3.8) is 0 Å². The molecule has 0 atom stereocenters. The highest BCUT2D eigenvalue weighted by molar-refractivity contribution is 5.80. The molecule has 2 nitrogen and oxygen atoms in total. The minimum atomic E-state index is 0.357. The molecule has 0 saturated heterocycles. The van der Waals surface area contributed by atoms with Crippen molar-refractivity contribution >= 4 is 5.78 Å². The average molecular weight is 199 g/mol. The van der Waals surface area contributed by atoms with Crippen LogP contribution < -0.4 is 0 Å². The summed E-state index contributed by atoms with van der Waals surface area (Å²) in [4.78, 5) is 13.6. The second kappa shape index (κ2) is 7.98. The molecule has 14 heavy (non-hydrogen) atoms. The summed E-state index contributed by atoms with van der Waals surface area (Å²) in [5.41, 5.74) is 0. The molecule has 0 aromatic carbocycles. The van der Waals surface area contributed by atoms with Gasteiger partial charge in [0.2, 0.25) is 0 Å². The van der Waals surface area contributed by atoms with E-state index in [0.29, 0.717) is 24.8 Å². The third-order valence-electron chi connectivity index (χ3n) is 2.55. The van der Waals surface area contributed by atoms with Crippen LogP contribution in [0, 0.1) is 0 Å². The molecule has 0 radical (unpaired) electrons. The van der Waals surface area contributed by atoms with Crippen molar-refractivity contribution in [1.82, 2.24) is 4.90 Å². The van der Waals surface area contributed by atoms with Crippen LogP contribution >= 0.6 is 0 Å². The molecule has 0 aliphatic rings. The molecule has 84 valence electrons. The smallest absolute Gasteiger partial charge is 0.146 e. The SMILES string of the molecule is CCCCCN(CC(=O)CC)C(C)C. The number of carbonyl (C=O) groups is 1. The van der Waals surface area contributed by atoms with Gasteiger partial charge in [-0.15, -0.1) is 0 Å². The van der Waals surface area contributed by atoms with Crippen LogP contribution in [0.4, 0.5) is 0 Å². The predicted molar refractivity (Wildman–Crippen MR) is 61.5 cm³/mol. The van der Waals surface area contributed by atoms with Crippen LogP contribution in [-0.4, -0.2) is 29.8 Å². The van der Waals surface area contributed by atoms with Gasteiger partial charge in [-0.2, -0.15) is 0 Å². The fourth-order valence-corrected chi connectivity index (χ4v) is 1.42. The van der Waals surface area contributed by atoms with E-state index < -0.39 is 0 Å². The summed E-state index contributed by atoms with van der Waals surface area (Å²) in [7, 11) is 0. The van der Waals surface area contributed by atoms with E-state index in [0.717, 1.165) is 6.54 Å². The van der Waals surface area contributed by atoms with E-state index in [4.69, 9.17) is 0 Å². The van der Waals surface area contributed by atoms with Crippen LogP contribution in [0.2, 0.25) is 0 Å². The normalized spacial score (nSPS) is 11.3. The van der Waals surface area contributed by atoms with Gasteiger partial charge >= 0.3 is 0 Å². The molecule has 0 unspecified atom stereocenters. The minimum Gasteiger partial charge on any atom is -0.298 e. The zero-order chi connectivity index (χ0) is 11.0. The predicted octanol–water partition coefficient (Wildman–Crippen LogP) is 2.87. The highest BCUT2D eigenvalue weighted by Gasteiger charge is 2.11. The molecular weight excluding hydrogens is 174 g/mol. The van der Waals surface area contributed by atoms with Gasteiger partial charge in [-0.05, 0) is 26.8 Å². The Balaban J connectivity index is 3.83. The van der Waals surface area contributed by atoms with Crippen LogP contribution in [0.3, 0.4) is 0 Å². The maximum Gasteiger partial charge on any atom is 0.146 e. The molecule has 0 spiro atoms. The van der Waals surface area contributed by atoms with Crippen molar-refractivity contribution in [2.24, 2.45) is 0 Å². The molecule has 0 fully saturated rings. The fraction of sp³-hybridized carbons (Fsp3) is 0.917. The van der Waals surface area contributed by atoms with Gasteiger partial charge in [0.25, 0.3) is 0 Å². The maximum atomic E-state index is 11.3. The second-order valence-corrected chi connectivity index (χ2v) is 4.16. The maximum absolute atomic E-state index is 11.3. The molecule has 0 amide bonds. The number of carbonyl (C=O) groups excluding carboxylic acids is 1. The van der Waals surface area contributed by atoms with Crippen molar-refractivity contribution in [1.29, 1.82) is 0 Å². The molecule has 0 rings (SSSR count). The molecule has 0 saturated carbocycles. The molecule has 0 aliphatic carbocycles. The van der Waals surface area contributed by atoms with Crippen LogP contribution in [-0.2, 0) is 4.79 Å². The lowest BCUT2D eigenvalue weighted by atomic mass is 10.2. The number of hydrogen-bond acceptors (Lipinski definition) is 2. The summed E-state index contributed by atoms with van der Waals surface area (Å²) in [6.45, 7) is 10.2. The third kappa shape index (κ3) is 6.14. The van der Waals surface area contributed by atoms with Crippen LogP contribution in [0.5, 0.6) is 0 Å². The van der Waals surface area contributed by atoms with E-state index >= 15 is 0 Å². The summed E-state index contributed by atoms with van der Waals surface area (Å²) in [6, 6.07) is 0.488. The lowest BCUT2D eigenvalue weighted by molar-refractivity contribution is -0.120. The van der Waals surface area contributed by atoms with E-state index in [2.05, 4.69) is 25.7 Å². The highest BCUT2D eigenvalue weighted by Crippen LogP contribution is 2.03. The molecule has 0 aromatic heterocycles. The fourth-order valence-electron chi connectivity index (χ4n) is 1.42. The Morgan fingerprint density at radius 2 is 1.86 bits per heavy atom. The van der Waals surface area contributed by atoms with E-state index in [1.165, 1.54) is 19.3 Å². The van der Waals surface area contributed by atoms with Gasteiger partial charge in [-0.1, -0.05) is 26.7 Å². The monoisotopic (exact) mass is 199 g/mol. The summed E-state index contributed by atoms with van der Waals surface area (Å²) >= 11 is 0. The van der Waals surface area contributed by atoms with Gasteiger partial charge < -0.3 is 0 Å². The lowest BCUT2D eigenvalue weighted by Crippen LogP contribution is -2.36. The Morgan fingerprint density at radius 1 is 1.21 bits per heavy atom. The molecule has 0 heterocycles. The zero-order valence-electron chi connectivity index (χ0n) is 10.2. The minimum absolute atomic E-state index is 0.357. The van der Waals surface area contributed by atoms with E-state index in [1.807, 2.05) is 6.92 Å². The summed E-state index contributed by atoms with van der Waals surface area (Å²) in [5.74, 6) is 0.357. The quantitative estimate of drug-likeness (QED) is 0.560. The Bertz CT molecular complexity index is 154. The number of ketones is 1. The van der Waals surface area contributed by atoms with Crippen molar-refractivity contribution in [3.8, 4) is 0 Å². The highest BCUT2D eigenvalue weighted by atomic mass is 16.1. The van der Waals surface area contributed by atoms with E-state index in [-0.39, 0.29) is 0 Å².